The third-order valence-corrected chi connectivity index (χ3v) is 5.26. The fourth-order valence-corrected chi connectivity index (χ4v) is 3.58. The minimum absolute atomic E-state index is 0.0980. The maximum Gasteiger partial charge on any atom is 0.289 e. The van der Waals surface area contributed by atoms with Crippen LogP contribution in [0.25, 0.3) is 0 Å². The molecule has 0 saturated carbocycles. The van der Waals surface area contributed by atoms with E-state index in [9.17, 15) is 9.59 Å². The van der Waals surface area contributed by atoms with E-state index in [2.05, 4.69) is 15.2 Å². The van der Waals surface area contributed by atoms with Crippen molar-refractivity contribution in [3.63, 3.8) is 0 Å². The first-order valence-electron chi connectivity index (χ1n) is 9.92. The van der Waals surface area contributed by atoms with Gasteiger partial charge in [-0.25, -0.2) is 4.98 Å². The smallest absolute Gasteiger partial charge is 0.289 e. The molecule has 9 heteroatoms. The molecule has 0 bridgehead atoms. The van der Waals surface area contributed by atoms with Crippen molar-refractivity contribution < 1.29 is 23.5 Å². The average Bonchev–Trinajstić information content (AvgIpc) is 3.51. The van der Waals surface area contributed by atoms with Gasteiger partial charge in [0.05, 0.1) is 18.1 Å². The highest BCUT2D eigenvalue weighted by Gasteiger charge is 2.24. The van der Waals surface area contributed by atoms with E-state index >= 15 is 0 Å². The molecule has 4 heterocycles. The lowest BCUT2D eigenvalue weighted by Crippen LogP contribution is -2.49. The number of aromatic nitrogens is 1. The highest BCUT2D eigenvalue weighted by molar-refractivity contribution is 6.04. The molecule has 0 unspecified atom stereocenters. The van der Waals surface area contributed by atoms with Crippen LogP contribution in [0.15, 0.2) is 59.3 Å². The van der Waals surface area contributed by atoms with Gasteiger partial charge in [0.25, 0.3) is 11.8 Å². The zero-order valence-electron chi connectivity index (χ0n) is 16.6. The van der Waals surface area contributed by atoms with Gasteiger partial charge < -0.3 is 29.0 Å². The maximum absolute atomic E-state index is 12.5. The summed E-state index contributed by atoms with van der Waals surface area (Å²) in [6.45, 7) is 2.68. The van der Waals surface area contributed by atoms with Gasteiger partial charge in [-0.1, -0.05) is 0 Å². The number of ether oxygens (including phenoxy) is 2. The molecule has 1 saturated heterocycles. The number of carbonyl (C=O) groups is 2. The minimum Gasteiger partial charge on any atom is -0.459 e. The number of hydrogen-bond acceptors (Lipinski definition) is 7. The first-order valence-corrected chi connectivity index (χ1v) is 9.92. The number of piperazine rings is 1. The van der Waals surface area contributed by atoms with Crippen LogP contribution < -0.4 is 19.7 Å². The van der Waals surface area contributed by atoms with Crippen LogP contribution in [0.3, 0.4) is 0 Å². The molecule has 0 spiro atoms. The molecular weight excluding hydrogens is 400 g/mol. The molecule has 31 heavy (non-hydrogen) atoms. The van der Waals surface area contributed by atoms with E-state index < -0.39 is 0 Å². The summed E-state index contributed by atoms with van der Waals surface area (Å²) in [6.07, 6.45) is 3.13. The number of amides is 2. The Bertz CT molecular complexity index is 1090. The summed E-state index contributed by atoms with van der Waals surface area (Å²) >= 11 is 0. The number of hydrogen-bond donors (Lipinski definition) is 1. The van der Waals surface area contributed by atoms with Crippen LogP contribution >= 0.6 is 0 Å². The van der Waals surface area contributed by atoms with Crippen molar-refractivity contribution in [3.8, 4) is 11.5 Å². The zero-order valence-corrected chi connectivity index (χ0v) is 16.6. The largest absolute Gasteiger partial charge is 0.459 e. The first-order chi connectivity index (χ1) is 15.2. The minimum atomic E-state index is -0.252. The van der Waals surface area contributed by atoms with Crippen molar-refractivity contribution in [2.45, 2.75) is 0 Å². The Morgan fingerprint density at radius 2 is 1.81 bits per heavy atom. The molecule has 9 nitrogen and oxygen atoms in total. The molecule has 1 aromatic carbocycles. The molecular formula is C22H20N4O5. The number of furan rings is 1. The van der Waals surface area contributed by atoms with Crippen LogP contribution in [0.2, 0.25) is 0 Å². The number of nitrogens with one attached hydrogen (secondary N) is 1. The summed E-state index contributed by atoms with van der Waals surface area (Å²) in [6, 6.07) is 12.1. The Morgan fingerprint density at radius 3 is 2.55 bits per heavy atom. The van der Waals surface area contributed by atoms with Crippen LogP contribution in [0.1, 0.15) is 20.9 Å². The van der Waals surface area contributed by atoms with E-state index in [0.717, 1.165) is 5.82 Å². The molecule has 1 fully saturated rings. The van der Waals surface area contributed by atoms with Gasteiger partial charge in [0.2, 0.25) is 6.79 Å². The predicted octanol–water partition coefficient (Wildman–Crippen LogP) is 2.62. The lowest BCUT2D eigenvalue weighted by Gasteiger charge is -2.35. The monoisotopic (exact) mass is 420 g/mol. The van der Waals surface area contributed by atoms with Crippen LogP contribution in [-0.4, -0.2) is 54.7 Å². The normalized spacial score (nSPS) is 15.1. The number of carbonyl (C=O) groups excluding carboxylic acids is 2. The zero-order chi connectivity index (χ0) is 21.2. The van der Waals surface area contributed by atoms with E-state index in [1.165, 1.54) is 6.26 Å². The lowest BCUT2D eigenvalue weighted by molar-refractivity contribution is 0.0714. The SMILES string of the molecule is O=C(Nc1ccc(N2CCN(C(=O)c3ccco3)CC2)nc1)c1ccc2c(c1)OCO2. The van der Waals surface area contributed by atoms with Crippen molar-refractivity contribution in [2.24, 2.45) is 0 Å². The fraction of sp³-hybridized carbons (Fsp3) is 0.227. The maximum atomic E-state index is 12.5. The second-order valence-electron chi connectivity index (χ2n) is 7.18. The molecule has 0 atom stereocenters. The number of pyridine rings is 1. The van der Waals surface area contributed by atoms with Gasteiger partial charge in [0, 0.05) is 31.7 Å². The summed E-state index contributed by atoms with van der Waals surface area (Å²) < 4.78 is 15.8. The molecule has 0 radical (unpaired) electrons. The summed E-state index contributed by atoms with van der Waals surface area (Å²) in [5.74, 6) is 2.00. The third-order valence-electron chi connectivity index (χ3n) is 5.26. The number of nitrogens with zero attached hydrogens (tertiary/aromatic N) is 3. The number of fused-ring (bicyclic) bond motifs is 1. The Labute approximate surface area is 178 Å². The van der Waals surface area contributed by atoms with Crippen LogP contribution in [-0.2, 0) is 0 Å². The second-order valence-corrected chi connectivity index (χ2v) is 7.18. The van der Waals surface area contributed by atoms with Gasteiger partial charge in [-0.2, -0.15) is 0 Å². The van der Waals surface area contributed by atoms with E-state index in [-0.39, 0.29) is 18.6 Å². The van der Waals surface area contributed by atoms with E-state index in [1.54, 1.807) is 41.4 Å². The Hall–Kier alpha value is -4.01. The van der Waals surface area contributed by atoms with Crippen molar-refractivity contribution in [1.29, 1.82) is 0 Å². The number of anilines is 2. The topological polar surface area (TPSA) is 97.1 Å². The van der Waals surface area contributed by atoms with E-state index in [4.69, 9.17) is 13.9 Å². The Balaban J connectivity index is 1.18. The molecule has 5 rings (SSSR count). The molecule has 2 aromatic heterocycles. The highest BCUT2D eigenvalue weighted by atomic mass is 16.7. The molecule has 1 N–H and O–H groups in total. The summed E-state index contributed by atoms with van der Waals surface area (Å²) in [4.78, 5) is 33.2. The van der Waals surface area contributed by atoms with E-state index in [1.807, 2.05) is 12.1 Å². The quantitative estimate of drug-likeness (QED) is 0.693. The van der Waals surface area contributed by atoms with Gasteiger partial charge in [-0.3, -0.25) is 9.59 Å². The lowest BCUT2D eigenvalue weighted by atomic mass is 10.2. The molecule has 2 aliphatic rings. The van der Waals surface area contributed by atoms with Gasteiger partial charge in [-0.05, 0) is 42.5 Å². The van der Waals surface area contributed by atoms with Crippen LogP contribution in [0, 0.1) is 0 Å². The Kier molecular flexibility index (Phi) is 4.91. The van der Waals surface area contributed by atoms with Crippen molar-refractivity contribution >= 4 is 23.3 Å². The molecule has 158 valence electrons. The third kappa shape index (κ3) is 3.89. The summed E-state index contributed by atoms with van der Waals surface area (Å²) in [5, 5.41) is 2.84. The average molecular weight is 420 g/mol. The number of benzene rings is 1. The van der Waals surface area contributed by atoms with Crippen LogP contribution in [0.4, 0.5) is 11.5 Å². The summed E-state index contributed by atoms with van der Waals surface area (Å²) in [5.41, 5.74) is 1.07. The number of rotatable bonds is 4. The van der Waals surface area contributed by atoms with Crippen LogP contribution in [0.5, 0.6) is 11.5 Å². The Morgan fingerprint density at radius 1 is 0.968 bits per heavy atom. The highest BCUT2D eigenvalue weighted by Crippen LogP contribution is 2.32. The molecule has 3 aromatic rings. The second kappa shape index (κ2) is 8.02. The van der Waals surface area contributed by atoms with Crippen molar-refractivity contribution in [2.75, 3.05) is 43.2 Å². The van der Waals surface area contributed by atoms with E-state index in [0.29, 0.717) is 54.7 Å². The van der Waals surface area contributed by atoms with Gasteiger partial charge in [-0.15, -0.1) is 0 Å². The van der Waals surface area contributed by atoms with Crippen molar-refractivity contribution in [3.05, 3.63) is 66.2 Å². The fourth-order valence-electron chi connectivity index (χ4n) is 3.58. The van der Waals surface area contributed by atoms with Gasteiger partial charge in [0.1, 0.15) is 5.82 Å². The molecule has 2 amide bonds. The molecule has 0 aliphatic carbocycles. The summed E-state index contributed by atoms with van der Waals surface area (Å²) in [7, 11) is 0. The van der Waals surface area contributed by atoms with Crippen molar-refractivity contribution in [1.82, 2.24) is 9.88 Å². The standard InChI is InChI=1S/C22H20N4O5/c27-21(15-3-5-17-19(12-15)31-14-30-17)24-16-4-6-20(23-13-16)25-7-9-26(10-8-25)22(28)18-2-1-11-29-18/h1-6,11-13H,7-10,14H2,(H,24,27). The van der Waals surface area contributed by atoms with Gasteiger partial charge in [0.15, 0.2) is 17.3 Å². The first kappa shape index (κ1) is 19.0. The molecule has 2 aliphatic heterocycles. The van der Waals surface area contributed by atoms with Gasteiger partial charge >= 0.3 is 0 Å². The predicted molar refractivity (Wildman–Crippen MR) is 112 cm³/mol.